The number of hydrogen-bond donors (Lipinski definition) is 0. The molecule has 1 aromatic rings. The molecule has 20 heavy (non-hydrogen) atoms. The van der Waals surface area contributed by atoms with Crippen LogP contribution in [0.4, 0.5) is 0 Å². The first kappa shape index (κ1) is 15.7. The fourth-order valence-corrected chi connectivity index (χ4v) is 1.81. The number of benzene rings is 1. The Balaban J connectivity index is 3.05. The maximum absolute atomic E-state index is 11.6. The molecule has 0 saturated carbocycles. The van der Waals surface area contributed by atoms with Crippen LogP contribution in [0.5, 0.6) is 11.5 Å². The maximum atomic E-state index is 11.6. The average molecular weight is 283 g/mol. The highest BCUT2D eigenvalue weighted by Gasteiger charge is 2.33. The summed E-state index contributed by atoms with van der Waals surface area (Å²) in [4.78, 5) is 22.0. The Kier molecular flexibility index (Phi) is 5.76. The largest absolute Gasteiger partial charge is 0.493 e. The van der Waals surface area contributed by atoms with E-state index in [0.29, 0.717) is 17.1 Å². The molecule has 0 aliphatic rings. The van der Waals surface area contributed by atoms with Crippen molar-refractivity contribution in [2.24, 2.45) is 0 Å². The summed E-state index contributed by atoms with van der Waals surface area (Å²) in [6.07, 6.45) is -0.119. The zero-order valence-electron chi connectivity index (χ0n) is 11.6. The zero-order valence-corrected chi connectivity index (χ0v) is 11.6. The molecule has 0 fully saturated rings. The Morgan fingerprint density at radius 2 is 2.05 bits per heavy atom. The van der Waals surface area contributed by atoms with E-state index in [1.54, 1.807) is 25.1 Å². The Bertz CT molecular complexity index is 488. The summed E-state index contributed by atoms with van der Waals surface area (Å²) < 4.78 is 15.0. The van der Waals surface area contributed by atoms with Crippen LogP contribution in [0.3, 0.4) is 0 Å². The van der Waals surface area contributed by atoms with E-state index in [4.69, 9.17) is 14.2 Å². The van der Waals surface area contributed by atoms with Gasteiger partial charge in [-0.25, -0.2) is 4.79 Å². The van der Waals surface area contributed by atoms with Gasteiger partial charge in [-0.3, -0.25) is 10.1 Å². The van der Waals surface area contributed by atoms with Gasteiger partial charge in [0.2, 0.25) is 0 Å². The molecule has 110 valence electrons. The van der Waals surface area contributed by atoms with Crippen LogP contribution >= 0.6 is 0 Å². The van der Waals surface area contributed by atoms with Crippen molar-refractivity contribution in [2.45, 2.75) is 19.4 Å². The van der Waals surface area contributed by atoms with Gasteiger partial charge in [0.25, 0.3) is 0 Å². The zero-order chi connectivity index (χ0) is 15.1. The predicted molar refractivity (Wildman–Crippen MR) is 70.7 cm³/mol. The van der Waals surface area contributed by atoms with Crippen LogP contribution in [-0.2, 0) is 16.0 Å². The monoisotopic (exact) mass is 283 g/mol. The van der Waals surface area contributed by atoms with E-state index in [-0.39, 0.29) is 13.0 Å². The van der Waals surface area contributed by atoms with E-state index < -0.39 is 16.9 Å². The van der Waals surface area contributed by atoms with Crippen LogP contribution < -0.4 is 9.47 Å². The van der Waals surface area contributed by atoms with Crippen LogP contribution in [0, 0.1) is 10.1 Å². The molecule has 1 aromatic carbocycles. The Hall–Kier alpha value is -2.31. The van der Waals surface area contributed by atoms with Crippen molar-refractivity contribution in [2.75, 3.05) is 20.8 Å². The molecule has 7 nitrogen and oxygen atoms in total. The van der Waals surface area contributed by atoms with Gasteiger partial charge in [0.05, 0.1) is 27.2 Å². The third kappa shape index (κ3) is 3.59. The lowest BCUT2D eigenvalue weighted by Crippen LogP contribution is -2.33. The minimum absolute atomic E-state index is 0.0957. The number of esters is 1. The second kappa shape index (κ2) is 7.32. The molecule has 0 radical (unpaired) electrons. The summed E-state index contributed by atoms with van der Waals surface area (Å²) in [7, 11) is 2.91. The summed E-state index contributed by atoms with van der Waals surface area (Å²) in [5.41, 5.74) is 0.515. The third-order valence-electron chi connectivity index (χ3n) is 2.71. The minimum Gasteiger partial charge on any atom is -0.493 e. The topological polar surface area (TPSA) is 87.9 Å². The Labute approximate surface area is 116 Å². The fraction of sp³-hybridized carbons (Fsp3) is 0.462. The smallest absolute Gasteiger partial charge is 0.382 e. The highest BCUT2D eigenvalue weighted by atomic mass is 16.6. The van der Waals surface area contributed by atoms with Crippen LogP contribution in [-0.4, -0.2) is 37.8 Å². The molecule has 0 bridgehead atoms. The van der Waals surface area contributed by atoms with Crippen LogP contribution in [0.25, 0.3) is 0 Å². The lowest BCUT2D eigenvalue weighted by Gasteiger charge is -2.14. The average Bonchev–Trinajstić information content (AvgIpc) is 2.43. The first-order chi connectivity index (χ1) is 9.54. The van der Waals surface area contributed by atoms with E-state index in [9.17, 15) is 14.9 Å². The van der Waals surface area contributed by atoms with Gasteiger partial charge in [-0.15, -0.1) is 0 Å². The van der Waals surface area contributed by atoms with Gasteiger partial charge >= 0.3 is 12.0 Å². The molecule has 1 unspecified atom stereocenters. The van der Waals surface area contributed by atoms with Crippen LogP contribution in [0.1, 0.15) is 12.5 Å². The lowest BCUT2D eigenvalue weighted by molar-refractivity contribution is -0.510. The standard InChI is InChI=1S/C13H17NO6/c1-4-20-13(15)10(14(16)17)8-9-6-5-7-11(18-2)12(9)19-3/h5-7,10H,4,8H2,1-3H3. The molecular weight excluding hydrogens is 266 g/mol. The summed E-state index contributed by atoms with van der Waals surface area (Å²) in [5.74, 6) is -0.0236. The predicted octanol–water partition coefficient (Wildman–Crippen LogP) is 1.45. The number of rotatable bonds is 7. The molecule has 0 spiro atoms. The molecule has 1 rings (SSSR count). The summed E-state index contributed by atoms with van der Waals surface area (Å²) in [5, 5.41) is 11.0. The van der Waals surface area contributed by atoms with Crippen molar-refractivity contribution in [3.8, 4) is 11.5 Å². The molecule has 0 N–H and O–H groups in total. The number of nitro groups is 1. The van der Waals surface area contributed by atoms with Gasteiger partial charge in [0, 0.05) is 10.5 Å². The summed E-state index contributed by atoms with van der Waals surface area (Å²) >= 11 is 0. The number of para-hydroxylation sites is 1. The summed E-state index contributed by atoms with van der Waals surface area (Å²) in [6.45, 7) is 1.69. The van der Waals surface area contributed by atoms with Gasteiger partial charge in [0.1, 0.15) is 0 Å². The maximum Gasteiger partial charge on any atom is 0.382 e. The number of ether oxygens (including phenoxy) is 3. The number of carbonyl (C=O) groups is 1. The van der Waals surface area contributed by atoms with Crippen molar-refractivity contribution in [3.05, 3.63) is 33.9 Å². The fourth-order valence-electron chi connectivity index (χ4n) is 1.81. The second-order valence-electron chi connectivity index (χ2n) is 3.91. The van der Waals surface area contributed by atoms with Crippen molar-refractivity contribution >= 4 is 5.97 Å². The molecule has 0 heterocycles. The van der Waals surface area contributed by atoms with Crippen molar-refractivity contribution in [3.63, 3.8) is 0 Å². The van der Waals surface area contributed by atoms with Gasteiger partial charge < -0.3 is 14.2 Å². The number of carbonyl (C=O) groups excluding carboxylic acids is 1. The first-order valence-corrected chi connectivity index (χ1v) is 6.05. The second-order valence-corrected chi connectivity index (χ2v) is 3.91. The first-order valence-electron chi connectivity index (χ1n) is 6.05. The molecule has 0 aliphatic heterocycles. The van der Waals surface area contributed by atoms with Gasteiger partial charge in [0.15, 0.2) is 11.5 Å². The van der Waals surface area contributed by atoms with Crippen molar-refractivity contribution < 1.29 is 23.9 Å². The highest BCUT2D eigenvalue weighted by molar-refractivity contribution is 5.75. The lowest BCUT2D eigenvalue weighted by atomic mass is 10.0. The van der Waals surface area contributed by atoms with Gasteiger partial charge in [-0.1, -0.05) is 12.1 Å². The molecular formula is C13H17NO6. The molecule has 7 heteroatoms. The third-order valence-corrected chi connectivity index (χ3v) is 2.71. The SMILES string of the molecule is CCOC(=O)C(Cc1cccc(OC)c1OC)[N+](=O)[O-]. The summed E-state index contributed by atoms with van der Waals surface area (Å²) in [6, 6.07) is 3.54. The van der Waals surface area contributed by atoms with E-state index in [0.717, 1.165) is 0 Å². The van der Waals surface area contributed by atoms with Gasteiger partial charge in [-0.05, 0) is 13.0 Å². The molecule has 0 amide bonds. The molecule has 0 aliphatic carbocycles. The molecule has 0 saturated heterocycles. The highest BCUT2D eigenvalue weighted by Crippen LogP contribution is 2.31. The number of methoxy groups -OCH3 is 2. The van der Waals surface area contributed by atoms with Crippen LogP contribution in [0.15, 0.2) is 18.2 Å². The Morgan fingerprint density at radius 1 is 1.35 bits per heavy atom. The number of hydrogen-bond acceptors (Lipinski definition) is 6. The molecule has 0 aromatic heterocycles. The van der Waals surface area contributed by atoms with E-state index in [1.807, 2.05) is 0 Å². The van der Waals surface area contributed by atoms with E-state index in [1.165, 1.54) is 14.2 Å². The quantitative estimate of drug-likeness (QED) is 0.427. The van der Waals surface area contributed by atoms with E-state index >= 15 is 0 Å². The Morgan fingerprint density at radius 3 is 2.55 bits per heavy atom. The normalized spacial score (nSPS) is 11.6. The van der Waals surface area contributed by atoms with Crippen LogP contribution in [0.2, 0.25) is 0 Å². The number of nitrogens with zero attached hydrogens (tertiary/aromatic N) is 1. The molecule has 1 atom stereocenters. The van der Waals surface area contributed by atoms with Crippen molar-refractivity contribution in [1.82, 2.24) is 0 Å². The van der Waals surface area contributed by atoms with Gasteiger partial charge in [-0.2, -0.15) is 0 Å². The minimum atomic E-state index is -1.46. The van der Waals surface area contributed by atoms with E-state index in [2.05, 4.69) is 0 Å². The van der Waals surface area contributed by atoms with Crippen molar-refractivity contribution in [1.29, 1.82) is 0 Å².